The molecule has 0 spiro atoms. The Labute approximate surface area is 101 Å². The van der Waals surface area contributed by atoms with Crippen molar-refractivity contribution in [2.24, 2.45) is 5.73 Å². The quantitative estimate of drug-likeness (QED) is 0.864. The van der Waals surface area contributed by atoms with E-state index in [0.717, 1.165) is 13.0 Å². The molecule has 0 aliphatic carbocycles. The summed E-state index contributed by atoms with van der Waals surface area (Å²) in [5, 5.41) is 8.70. The monoisotopic (exact) mass is 225 g/mol. The van der Waals surface area contributed by atoms with Crippen LogP contribution in [0.4, 0.5) is 0 Å². The van der Waals surface area contributed by atoms with E-state index in [1.807, 2.05) is 48.8 Å². The molecule has 0 aliphatic heterocycles. The molecule has 3 heteroatoms. The molecule has 3 nitrogen and oxygen atoms in total. The Balaban J connectivity index is 1.94. The fourth-order valence-electron chi connectivity index (χ4n) is 1.85. The second-order valence-corrected chi connectivity index (χ2v) is 4.15. The number of hydrogen-bond acceptors (Lipinski definition) is 2. The van der Waals surface area contributed by atoms with Gasteiger partial charge in [-0.1, -0.05) is 12.1 Å². The first-order chi connectivity index (χ1) is 8.28. The van der Waals surface area contributed by atoms with Crippen LogP contribution in [0.3, 0.4) is 0 Å². The molecule has 1 heterocycles. The maximum atomic E-state index is 8.70. The van der Waals surface area contributed by atoms with Gasteiger partial charge in [-0.05, 0) is 36.2 Å². The zero-order valence-corrected chi connectivity index (χ0v) is 9.58. The standard InChI is InChI=1S/C14H15N3/c15-10-13-5-3-12(4-6-13)9-14(16)11-17-7-1-2-8-17/h1-8,14H,9,11,16H2. The minimum Gasteiger partial charge on any atom is -0.353 e. The predicted molar refractivity (Wildman–Crippen MR) is 67.3 cm³/mol. The van der Waals surface area contributed by atoms with Gasteiger partial charge in [0.2, 0.25) is 0 Å². The molecule has 0 amide bonds. The van der Waals surface area contributed by atoms with Crippen LogP contribution in [0.15, 0.2) is 48.8 Å². The summed E-state index contributed by atoms with van der Waals surface area (Å²) in [6, 6.07) is 13.8. The number of nitriles is 1. The molecule has 2 N–H and O–H groups in total. The number of rotatable bonds is 4. The summed E-state index contributed by atoms with van der Waals surface area (Å²) in [6.45, 7) is 0.813. The Morgan fingerprint density at radius 1 is 1.18 bits per heavy atom. The molecule has 1 aromatic carbocycles. The van der Waals surface area contributed by atoms with Gasteiger partial charge in [0.1, 0.15) is 0 Å². The van der Waals surface area contributed by atoms with Crippen molar-refractivity contribution in [2.75, 3.05) is 0 Å². The van der Waals surface area contributed by atoms with Gasteiger partial charge in [-0.25, -0.2) is 0 Å². The summed E-state index contributed by atoms with van der Waals surface area (Å²) < 4.78 is 2.08. The molecule has 1 unspecified atom stereocenters. The molecule has 2 rings (SSSR count). The first-order valence-electron chi connectivity index (χ1n) is 5.63. The van der Waals surface area contributed by atoms with E-state index in [4.69, 9.17) is 11.0 Å². The summed E-state index contributed by atoms with van der Waals surface area (Å²) in [7, 11) is 0. The molecule has 17 heavy (non-hydrogen) atoms. The highest BCUT2D eigenvalue weighted by molar-refractivity contribution is 5.31. The van der Waals surface area contributed by atoms with Gasteiger partial charge in [-0.15, -0.1) is 0 Å². The Morgan fingerprint density at radius 3 is 2.41 bits per heavy atom. The molecule has 0 radical (unpaired) electrons. The van der Waals surface area contributed by atoms with Crippen LogP contribution < -0.4 is 5.73 Å². The van der Waals surface area contributed by atoms with Gasteiger partial charge in [0.05, 0.1) is 11.6 Å². The summed E-state index contributed by atoms with van der Waals surface area (Å²) in [6.07, 6.45) is 4.85. The largest absolute Gasteiger partial charge is 0.353 e. The summed E-state index contributed by atoms with van der Waals surface area (Å²) in [5.41, 5.74) is 7.94. The van der Waals surface area contributed by atoms with E-state index >= 15 is 0 Å². The predicted octanol–water partition coefficient (Wildman–Crippen LogP) is 1.93. The van der Waals surface area contributed by atoms with E-state index in [1.54, 1.807) is 0 Å². The van der Waals surface area contributed by atoms with Crippen LogP contribution in [0.2, 0.25) is 0 Å². The number of hydrogen-bond donors (Lipinski definition) is 1. The third-order valence-electron chi connectivity index (χ3n) is 2.69. The van der Waals surface area contributed by atoms with Crippen LogP contribution in [0.5, 0.6) is 0 Å². The number of nitrogens with two attached hydrogens (primary N) is 1. The van der Waals surface area contributed by atoms with Gasteiger partial charge >= 0.3 is 0 Å². The fourth-order valence-corrected chi connectivity index (χ4v) is 1.85. The van der Waals surface area contributed by atoms with E-state index in [-0.39, 0.29) is 6.04 Å². The number of aromatic nitrogens is 1. The molecule has 0 saturated carbocycles. The second-order valence-electron chi connectivity index (χ2n) is 4.15. The number of benzene rings is 1. The second kappa shape index (κ2) is 5.33. The maximum Gasteiger partial charge on any atom is 0.0991 e. The Hall–Kier alpha value is -2.05. The van der Waals surface area contributed by atoms with Gasteiger partial charge in [-0.2, -0.15) is 5.26 Å². The normalized spacial score (nSPS) is 12.0. The Kier molecular flexibility index (Phi) is 3.59. The van der Waals surface area contributed by atoms with E-state index in [9.17, 15) is 0 Å². The fraction of sp³-hybridized carbons (Fsp3) is 0.214. The molecule has 86 valence electrons. The molecule has 1 atom stereocenters. The lowest BCUT2D eigenvalue weighted by Gasteiger charge is -2.12. The van der Waals surface area contributed by atoms with Gasteiger partial charge in [0.25, 0.3) is 0 Å². The van der Waals surface area contributed by atoms with Gasteiger partial charge < -0.3 is 10.3 Å². The zero-order chi connectivity index (χ0) is 12.1. The van der Waals surface area contributed by atoms with Crippen molar-refractivity contribution >= 4 is 0 Å². The topological polar surface area (TPSA) is 54.7 Å². The van der Waals surface area contributed by atoms with E-state index in [1.165, 1.54) is 5.56 Å². The highest BCUT2D eigenvalue weighted by Crippen LogP contribution is 2.06. The van der Waals surface area contributed by atoms with Crippen LogP contribution in [-0.2, 0) is 13.0 Å². The van der Waals surface area contributed by atoms with Gasteiger partial charge in [0.15, 0.2) is 0 Å². The third kappa shape index (κ3) is 3.20. The van der Waals surface area contributed by atoms with Crippen LogP contribution >= 0.6 is 0 Å². The third-order valence-corrected chi connectivity index (χ3v) is 2.69. The molecule has 2 aromatic rings. The summed E-state index contributed by atoms with van der Waals surface area (Å²) >= 11 is 0. The average molecular weight is 225 g/mol. The van der Waals surface area contributed by atoms with Crippen molar-refractivity contribution in [1.82, 2.24) is 4.57 Å². The minimum atomic E-state index is 0.0929. The lowest BCUT2D eigenvalue weighted by atomic mass is 10.1. The molecule has 0 fully saturated rings. The lowest BCUT2D eigenvalue weighted by Crippen LogP contribution is -2.28. The van der Waals surface area contributed by atoms with Gasteiger partial charge in [-0.3, -0.25) is 0 Å². The lowest BCUT2D eigenvalue weighted by molar-refractivity contribution is 0.551. The highest BCUT2D eigenvalue weighted by atomic mass is 15.0. The molecule has 0 bridgehead atoms. The first kappa shape index (κ1) is 11.4. The van der Waals surface area contributed by atoms with Crippen molar-refractivity contribution in [1.29, 1.82) is 5.26 Å². The molecule has 0 saturated heterocycles. The SMILES string of the molecule is N#Cc1ccc(CC(N)Cn2cccc2)cc1. The van der Waals surface area contributed by atoms with Crippen molar-refractivity contribution in [3.8, 4) is 6.07 Å². The van der Waals surface area contributed by atoms with Crippen LogP contribution in [0.1, 0.15) is 11.1 Å². The first-order valence-corrected chi connectivity index (χ1v) is 5.63. The van der Waals surface area contributed by atoms with E-state index in [0.29, 0.717) is 5.56 Å². The van der Waals surface area contributed by atoms with Crippen LogP contribution in [0, 0.1) is 11.3 Å². The van der Waals surface area contributed by atoms with Crippen molar-refractivity contribution in [2.45, 2.75) is 19.0 Å². The van der Waals surface area contributed by atoms with E-state index < -0.39 is 0 Å². The van der Waals surface area contributed by atoms with Crippen molar-refractivity contribution < 1.29 is 0 Å². The van der Waals surface area contributed by atoms with Gasteiger partial charge in [0, 0.05) is 25.0 Å². The molecular weight excluding hydrogens is 210 g/mol. The molecule has 1 aromatic heterocycles. The maximum absolute atomic E-state index is 8.70. The summed E-state index contributed by atoms with van der Waals surface area (Å²) in [4.78, 5) is 0. The number of nitrogens with zero attached hydrogens (tertiary/aromatic N) is 2. The van der Waals surface area contributed by atoms with Crippen LogP contribution in [-0.4, -0.2) is 10.6 Å². The van der Waals surface area contributed by atoms with E-state index in [2.05, 4.69) is 10.6 Å². The van der Waals surface area contributed by atoms with Crippen LogP contribution in [0.25, 0.3) is 0 Å². The molecular formula is C14H15N3. The zero-order valence-electron chi connectivity index (χ0n) is 9.58. The Morgan fingerprint density at radius 2 is 1.82 bits per heavy atom. The highest BCUT2D eigenvalue weighted by Gasteiger charge is 2.04. The average Bonchev–Trinajstić information content (AvgIpc) is 2.82. The molecule has 0 aliphatic rings. The minimum absolute atomic E-state index is 0.0929. The Bertz CT molecular complexity index is 491. The van der Waals surface area contributed by atoms with Crippen molar-refractivity contribution in [3.05, 3.63) is 59.9 Å². The smallest absolute Gasteiger partial charge is 0.0991 e. The van der Waals surface area contributed by atoms with Crippen molar-refractivity contribution in [3.63, 3.8) is 0 Å². The summed E-state index contributed by atoms with van der Waals surface area (Å²) in [5.74, 6) is 0.